The number of benzene rings is 2. The maximum atomic E-state index is 12.3. The minimum Gasteiger partial charge on any atom is -0.361 e. The largest absolute Gasteiger partial charge is 0.361 e. The number of fused-ring (bicyclic) bond motifs is 1. The Morgan fingerprint density at radius 2 is 1.93 bits per heavy atom. The van der Waals surface area contributed by atoms with E-state index in [2.05, 4.69) is 65.0 Å². The second-order valence-electron chi connectivity index (χ2n) is 7.63. The maximum absolute atomic E-state index is 12.3. The number of H-pyrrole nitrogens is 1. The van der Waals surface area contributed by atoms with Gasteiger partial charge in [-0.1, -0.05) is 48.5 Å². The van der Waals surface area contributed by atoms with Gasteiger partial charge in [-0.25, -0.2) is 0 Å². The molecule has 0 aliphatic carbocycles. The Kier molecular flexibility index (Phi) is 5.54. The zero-order valence-corrected chi connectivity index (χ0v) is 15.7. The van der Waals surface area contributed by atoms with Crippen LogP contribution in [0.4, 0.5) is 0 Å². The van der Waals surface area contributed by atoms with Crippen molar-refractivity contribution in [2.45, 2.75) is 38.3 Å². The molecule has 2 aromatic carbocycles. The molecule has 1 amide bonds. The van der Waals surface area contributed by atoms with Gasteiger partial charge in [0.1, 0.15) is 6.54 Å². The minimum absolute atomic E-state index is 0.195. The van der Waals surface area contributed by atoms with Crippen molar-refractivity contribution in [3.63, 3.8) is 0 Å². The highest BCUT2D eigenvalue weighted by Crippen LogP contribution is 2.19. The van der Waals surface area contributed by atoms with E-state index < -0.39 is 0 Å². The Bertz CT molecular complexity index is 887. The van der Waals surface area contributed by atoms with Crippen molar-refractivity contribution in [2.24, 2.45) is 0 Å². The predicted octanol–water partition coefficient (Wildman–Crippen LogP) is 2.46. The van der Waals surface area contributed by atoms with Crippen LogP contribution in [0.25, 0.3) is 10.9 Å². The van der Waals surface area contributed by atoms with Gasteiger partial charge in [-0.2, -0.15) is 0 Å². The third-order valence-corrected chi connectivity index (χ3v) is 5.57. The summed E-state index contributed by atoms with van der Waals surface area (Å²) in [6.45, 7) is 3.21. The molecule has 0 spiro atoms. The highest BCUT2D eigenvalue weighted by atomic mass is 16.1. The van der Waals surface area contributed by atoms with Crippen LogP contribution in [0.5, 0.6) is 0 Å². The van der Waals surface area contributed by atoms with E-state index in [-0.39, 0.29) is 5.91 Å². The topological polar surface area (TPSA) is 49.3 Å². The number of carbonyl (C=O) groups is 1. The fourth-order valence-electron chi connectivity index (χ4n) is 4.18. The van der Waals surface area contributed by atoms with Gasteiger partial charge in [0.25, 0.3) is 0 Å². The Labute approximate surface area is 160 Å². The van der Waals surface area contributed by atoms with E-state index in [1.54, 1.807) is 4.90 Å². The molecule has 140 valence electrons. The number of hydrogen-bond donors (Lipinski definition) is 3. The molecule has 0 saturated carbocycles. The first-order valence-electron chi connectivity index (χ1n) is 10.00. The fourth-order valence-corrected chi connectivity index (χ4v) is 4.18. The predicted molar refractivity (Wildman–Crippen MR) is 109 cm³/mol. The van der Waals surface area contributed by atoms with Crippen LogP contribution < -0.4 is 10.2 Å². The van der Waals surface area contributed by atoms with E-state index in [1.807, 2.05) is 6.07 Å². The normalized spacial score (nSPS) is 19.4. The number of quaternary nitrogens is 1. The Morgan fingerprint density at radius 1 is 1.11 bits per heavy atom. The Balaban J connectivity index is 1.20. The lowest BCUT2D eigenvalue weighted by atomic mass is 10.1. The molecule has 27 heavy (non-hydrogen) atoms. The second-order valence-corrected chi connectivity index (χ2v) is 7.63. The Morgan fingerprint density at radius 3 is 2.81 bits per heavy atom. The molecule has 1 unspecified atom stereocenters. The zero-order chi connectivity index (χ0) is 18.5. The lowest BCUT2D eigenvalue weighted by Gasteiger charge is -2.14. The fraction of sp³-hybridized carbons (Fsp3) is 0.348. The van der Waals surface area contributed by atoms with Crippen molar-refractivity contribution in [1.82, 2.24) is 10.3 Å². The molecule has 1 aliphatic rings. The summed E-state index contributed by atoms with van der Waals surface area (Å²) in [4.78, 5) is 17.2. The van der Waals surface area contributed by atoms with Crippen LogP contribution in [0.1, 0.15) is 30.4 Å². The summed E-state index contributed by atoms with van der Waals surface area (Å²) >= 11 is 0. The van der Waals surface area contributed by atoms with E-state index in [0.29, 0.717) is 12.5 Å². The van der Waals surface area contributed by atoms with Crippen LogP contribution in [0.3, 0.4) is 0 Å². The molecular weight excluding hydrogens is 334 g/mol. The van der Waals surface area contributed by atoms with Crippen molar-refractivity contribution < 1.29 is 9.69 Å². The molecular formula is C23H28N3O+. The summed E-state index contributed by atoms with van der Waals surface area (Å²) < 4.78 is 0. The molecule has 3 aromatic rings. The molecule has 0 radical (unpaired) electrons. The van der Waals surface area contributed by atoms with E-state index in [4.69, 9.17) is 0 Å². The summed E-state index contributed by atoms with van der Waals surface area (Å²) in [7, 11) is 0. The van der Waals surface area contributed by atoms with Gasteiger partial charge in [0, 0.05) is 35.5 Å². The quantitative estimate of drug-likeness (QED) is 0.594. The molecule has 1 aromatic heterocycles. The van der Waals surface area contributed by atoms with Crippen molar-refractivity contribution in [3.8, 4) is 0 Å². The van der Waals surface area contributed by atoms with Crippen molar-refractivity contribution in [3.05, 3.63) is 71.9 Å². The number of aryl methyl sites for hydroxylation is 1. The van der Waals surface area contributed by atoms with Crippen LogP contribution in [0.15, 0.2) is 60.8 Å². The van der Waals surface area contributed by atoms with E-state index >= 15 is 0 Å². The average Bonchev–Trinajstić information content (AvgIpc) is 3.30. The molecule has 1 aliphatic heterocycles. The van der Waals surface area contributed by atoms with Crippen LogP contribution in [-0.2, 0) is 17.8 Å². The number of hydrogen-bond acceptors (Lipinski definition) is 1. The lowest BCUT2D eigenvalue weighted by Crippen LogP contribution is -3.09. The summed E-state index contributed by atoms with van der Waals surface area (Å²) in [6.07, 6.45) is 5.58. The molecule has 2 heterocycles. The molecule has 1 fully saturated rings. The van der Waals surface area contributed by atoms with E-state index in [1.165, 1.54) is 22.0 Å². The highest BCUT2D eigenvalue weighted by molar-refractivity contribution is 5.83. The van der Waals surface area contributed by atoms with Gasteiger partial charge < -0.3 is 15.2 Å². The number of para-hydroxylation sites is 1. The van der Waals surface area contributed by atoms with E-state index in [9.17, 15) is 4.79 Å². The first kappa shape index (κ1) is 17.8. The molecule has 4 rings (SSSR count). The second kappa shape index (κ2) is 8.40. The van der Waals surface area contributed by atoms with Crippen molar-refractivity contribution in [1.29, 1.82) is 0 Å². The number of amides is 1. The van der Waals surface area contributed by atoms with Gasteiger partial charge in [-0.15, -0.1) is 0 Å². The number of aromatic amines is 1. The molecule has 4 heteroatoms. The average molecular weight is 362 g/mol. The highest BCUT2D eigenvalue weighted by Gasteiger charge is 2.27. The minimum atomic E-state index is 0.195. The van der Waals surface area contributed by atoms with Crippen LogP contribution in [-0.4, -0.2) is 30.0 Å². The third kappa shape index (κ3) is 4.58. The monoisotopic (exact) mass is 362 g/mol. The SMILES string of the molecule is O=C(CCCc1c[nH]c2ccccc12)N[C@H]1CC[NH+](Cc2ccccc2)C1. The van der Waals surface area contributed by atoms with Crippen LogP contribution in [0.2, 0.25) is 0 Å². The summed E-state index contributed by atoms with van der Waals surface area (Å²) in [6, 6.07) is 19.3. The summed E-state index contributed by atoms with van der Waals surface area (Å²) in [5.74, 6) is 0.195. The molecule has 1 saturated heterocycles. The smallest absolute Gasteiger partial charge is 0.220 e. The molecule has 4 nitrogen and oxygen atoms in total. The van der Waals surface area contributed by atoms with Crippen LogP contribution >= 0.6 is 0 Å². The van der Waals surface area contributed by atoms with Crippen molar-refractivity contribution >= 4 is 16.8 Å². The van der Waals surface area contributed by atoms with Gasteiger partial charge in [-0.05, 0) is 24.5 Å². The molecule has 2 atom stereocenters. The summed E-state index contributed by atoms with van der Waals surface area (Å²) in [5, 5.41) is 4.52. The van der Waals surface area contributed by atoms with Crippen LogP contribution in [0, 0.1) is 0 Å². The number of nitrogens with one attached hydrogen (secondary N) is 3. The first-order chi connectivity index (χ1) is 13.3. The van der Waals surface area contributed by atoms with E-state index in [0.717, 1.165) is 38.9 Å². The Hall–Kier alpha value is -2.59. The van der Waals surface area contributed by atoms with Gasteiger partial charge in [0.05, 0.1) is 19.1 Å². The van der Waals surface area contributed by atoms with Gasteiger partial charge >= 0.3 is 0 Å². The zero-order valence-electron chi connectivity index (χ0n) is 15.7. The first-order valence-corrected chi connectivity index (χ1v) is 10.00. The lowest BCUT2D eigenvalue weighted by molar-refractivity contribution is -0.901. The number of aromatic nitrogens is 1. The van der Waals surface area contributed by atoms with Crippen molar-refractivity contribution in [2.75, 3.05) is 13.1 Å². The maximum Gasteiger partial charge on any atom is 0.220 e. The third-order valence-electron chi connectivity index (χ3n) is 5.57. The van der Waals surface area contributed by atoms with Gasteiger partial charge in [-0.3, -0.25) is 4.79 Å². The summed E-state index contributed by atoms with van der Waals surface area (Å²) in [5.41, 5.74) is 3.85. The van der Waals surface area contributed by atoms with Gasteiger partial charge in [0.15, 0.2) is 0 Å². The molecule has 0 bridgehead atoms. The van der Waals surface area contributed by atoms with Gasteiger partial charge in [0.2, 0.25) is 5.91 Å². The number of carbonyl (C=O) groups excluding carboxylic acids is 1. The number of rotatable bonds is 7. The number of likely N-dealkylation sites (tertiary alicyclic amines) is 1. The standard InChI is InChI=1S/C23H27N3O/c27-23(12-6-9-19-15-24-22-11-5-4-10-21(19)22)25-20-13-14-26(17-20)16-18-7-2-1-3-8-18/h1-5,7-8,10-11,15,20,24H,6,9,12-14,16-17H2,(H,25,27)/p+1/t20-/m0/s1. The molecule has 3 N–H and O–H groups in total.